The molecule has 1 fully saturated rings. The maximum absolute atomic E-state index is 6.05. The van der Waals surface area contributed by atoms with Crippen LogP contribution in [0, 0.1) is 11.8 Å². The molecule has 6 heteroatoms. The predicted molar refractivity (Wildman–Crippen MR) is 126 cm³/mol. The Morgan fingerprint density at radius 3 is 2.37 bits per heavy atom. The van der Waals surface area contributed by atoms with Gasteiger partial charge in [-0.25, -0.2) is 0 Å². The number of likely N-dealkylation sites (tertiary alicyclic amines) is 1. The van der Waals surface area contributed by atoms with Crippen LogP contribution in [0.4, 0.5) is 5.69 Å². The van der Waals surface area contributed by atoms with Gasteiger partial charge in [-0.1, -0.05) is 13.8 Å². The smallest absolute Gasteiger partial charge is 0.193 e. The second kappa shape index (κ2) is 12.4. The minimum Gasteiger partial charge on any atom is -0.491 e. The number of ether oxygens (including phenoxy) is 1. The van der Waals surface area contributed by atoms with Crippen molar-refractivity contribution in [2.24, 2.45) is 22.6 Å². The highest BCUT2D eigenvalue weighted by Crippen LogP contribution is 2.19. The summed E-state index contributed by atoms with van der Waals surface area (Å²) in [5.41, 5.74) is 6.98. The number of rotatable bonds is 8. The molecule has 1 aromatic carbocycles. The number of hydrogen-bond acceptors (Lipinski definition) is 3. The lowest BCUT2D eigenvalue weighted by Gasteiger charge is -2.31. The Balaban J connectivity index is 0.00000364. The van der Waals surface area contributed by atoms with E-state index in [2.05, 4.69) is 29.1 Å². The zero-order valence-corrected chi connectivity index (χ0v) is 19.6. The first-order chi connectivity index (χ1) is 12.4. The van der Waals surface area contributed by atoms with E-state index >= 15 is 0 Å². The van der Waals surface area contributed by atoms with Crippen LogP contribution in [0.25, 0.3) is 0 Å². The zero-order valence-electron chi connectivity index (χ0n) is 17.3. The Labute approximate surface area is 182 Å². The highest BCUT2D eigenvalue weighted by molar-refractivity contribution is 14.0. The van der Waals surface area contributed by atoms with Crippen molar-refractivity contribution >= 4 is 35.6 Å². The summed E-state index contributed by atoms with van der Waals surface area (Å²) in [7, 11) is 0. The van der Waals surface area contributed by atoms with E-state index in [1.165, 1.54) is 38.9 Å². The Morgan fingerprint density at radius 1 is 1.19 bits per heavy atom. The zero-order chi connectivity index (χ0) is 18.9. The van der Waals surface area contributed by atoms with E-state index in [1.807, 2.05) is 38.1 Å². The standard InChI is InChI=1S/C21H36N4O.HI/c1-16(2)9-12-25-13-10-18(11-14-25)15-23-21(22)24-19-5-7-20(8-6-19)26-17(3)4;/h5-8,16-18H,9-15H2,1-4H3,(H3,22,23,24);1H. The topological polar surface area (TPSA) is 62.9 Å². The molecule has 27 heavy (non-hydrogen) atoms. The number of guanidine groups is 1. The number of halogens is 1. The molecule has 1 heterocycles. The number of anilines is 1. The SMILES string of the molecule is CC(C)CCN1CCC(CN=C(N)Nc2ccc(OC(C)C)cc2)CC1.I. The summed E-state index contributed by atoms with van der Waals surface area (Å²) in [6.45, 7) is 13.1. The molecule has 1 saturated heterocycles. The Morgan fingerprint density at radius 2 is 1.81 bits per heavy atom. The molecule has 0 unspecified atom stereocenters. The van der Waals surface area contributed by atoms with Gasteiger partial charge in [0.05, 0.1) is 6.10 Å². The molecule has 0 aliphatic carbocycles. The van der Waals surface area contributed by atoms with Crippen LogP contribution in [0.15, 0.2) is 29.3 Å². The van der Waals surface area contributed by atoms with E-state index in [4.69, 9.17) is 10.5 Å². The number of piperidine rings is 1. The predicted octanol–water partition coefficient (Wildman–Crippen LogP) is 4.58. The molecular weight excluding hydrogens is 451 g/mol. The summed E-state index contributed by atoms with van der Waals surface area (Å²) in [4.78, 5) is 7.13. The summed E-state index contributed by atoms with van der Waals surface area (Å²) < 4.78 is 5.65. The number of hydrogen-bond donors (Lipinski definition) is 2. The number of nitrogens with zero attached hydrogens (tertiary/aromatic N) is 2. The highest BCUT2D eigenvalue weighted by Gasteiger charge is 2.18. The molecule has 0 atom stereocenters. The van der Waals surface area contributed by atoms with Crippen LogP contribution >= 0.6 is 24.0 Å². The van der Waals surface area contributed by atoms with E-state index in [-0.39, 0.29) is 30.1 Å². The van der Waals surface area contributed by atoms with Gasteiger partial charge < -0.3 is 20.7 Å². The molecule has 2 rings (SSSR count). The number of nitrogens with two attached hydrogens (primary N) is 1. The van der Waals surface area contributed by atoms with Crippen molar-refractivity contribution in [1.29, 1.82) is 0 Å². The first kappa shape index (κ1) is 24.0. The molecule has 0 saturated carbocycles. The van der Waals surface area contributed by atoms with E-state index in [9.17, 15) is 0 Å². The van der Waals surface area contributed by atoms with Crippen molar-refractivity contribution in [1.82, 2.24) is 4.90 Å². The molecule has 5 nitrogen and oxygen atoms in total. The monoisotopic (exact) mass is 488 g/mol. The van der Waals surface area contributed by atoms with Crippen LogP contribution in [-0.2, 0) is 0 Å². The molecule has 0 bridgehead atoms. The van der Waals surface area contributed by atoms with Gasteiger partial charge >= 0.3 is 0 Å². The Hall–Kier alpha value is -1.02. The van der Waals surface area contributed by atoms with Gasteiger partial charge in [-0.15, -0.1) is 24.0 Å². The summed E-state index contributed by atoms with van der Waals surface area (Å²) in [6.07, 6.45) is 3.91. The molecule has 154 valence electrons. The fourth-order valence-corrected chi connectivity index (χ4v) is 3.14. The molecule has 0 spiro atoms. The number of benzene rings is 1. The van der Waals surface area contributed by atoms with E-state index in [1.54, 1.807) is 0 Å². The third kappa shape index (κ3) is 9.65. The average molecular weight is 488 g/mol. The first-order valence-electron chi connectivity index (χ1n) is 9.98. The van der Waals surface area contributed by atoms with Crippen molar-refractivity contribution in [2.75, 3.05) is 31.5 Å². The Bertz CT molecular complexity index is 552. The second-order valence-electron chi connectivity index (χ2n) is 8.01. The van der Waals surface area contributed by atoms with Gasteiger partial charge in [-0.05, 0) is 88.8 Å². The fraction of sp³-hybridized carbons (Fsp3) is 0.667. The van der Waals surface area contributed by atoms with Gasteiger partial charge in [0.2, 0.25) is 0 Å². The molecular formula is C21H37IN4O. The largest absolute Gasteiger partial charge is 0.491 e. The lowest BCUT2D eigenvalue weighted by Crippen LogP contribution is -2.36. The van der Waals surface area contributed by atoms with Crippen LogP contribution in [0.1, 0.15) is 47.0 Å². The second-order valence-corrected chi connectivity index (χ2v) is 8.01. The van der Waals surface area contributed by atoms with Gasteiger partial charge in [0.1, 0.15) is 5.75 Å². The fourth-order valence-electron chi connectivity index (χ4n) is 3.14. The minimum atomic E-state index is 0. The quantitative estimate of drug-likeness (QED) is 0.320. The molecule has 1 aliphatic heterocycles. The van der Waals surface area contributed by atoms with Gasteiger partial charge in [0.15, 0.2) is 5.96 Å². The minimum absolute atomic E-state index is 0. The lowest BCUT2D eigenvalue weighted by atomic mass is 9.96. The highest BCUT2D eigenvalue weighted by atomic mass is 127. The molecule has 0 radical (unpaired) electrons. The summed E-state index contributed by atoms with van der Waals surface area (Å²) in [5, 5.41) is 3.17. The van der Waals surface area contributed by atoms with E-state index in [0.717, 1.165) is 23.9 Å². The molecule has 1 aliphatic rings. The van der Waals surface area contributed by atoms with E-state index < -0.39 is 0 Å². The number of nitrogens with one attached hydrogen (secondary N) is 1. The van der Waals surface area contributed by atoms with Crippen molar-refractivity contribution in [3.63, 3.8) is 0 Å². The van der Waals surface area contributed by atoms with Crippen molar-refractivity contribution in [3.8, 4) is 5.75 Å². The van der Waals surface area contributed by atoms with E-state index in [0.29, 0.717) is 11.9 Å². The third-order valence-corrected chi connectivity index (χ3v) is 4.75. The van der Waals surface area contributed by atoms with Gasteiger partial charge in [-0.3, -0.25) is 4.99 Å². The van der Waals surface area contributed by atoms with Gasteiger partial charge in [0.25, 0.3) is 0 Å². The van der Waals surface area contributed by atoms with Crippen LogP contribution < -0.4 is 15.8 Å². The van der Waals surface area contributed by atoms with Crippen LogP contribution in [0.5, 0.6) is 5.75 Å². The Kier molecular flexibility index (Phi) is 11.1. The summed E-state index contributed by atoms with van der Waals surface area (Å²) in [5.74, 6) is 2.79. The van der Waals surface area contributed by atoms with Crippen molar-refractivity contribution in [3.05, 3.63) is 24.3 Å². The summed E-state index contributed by atoms with van der Waals surface area (Å²) >= 11 is 0. The van der Waals surface area contributed by atoms with Crippen LogP contribution in [0.3, 0.4) is 0 Å². The van der Waals surface area contributed by atoms with Crippen LogP contribution in [-0.4, -0.2) is 43.1 Å². The summed E-state index contributed by atoms with van der Waals surface area (Å²) in [6, 6.07) is 7.82. The molecule has 0 amide bonds. The third-order valence-electron chi connectivity index (χ3n) is 4.75. The average Bonchev–Trinajstić information content (AvgIpc) is 2.60. The maximum Gasteiger partial charge on any atom is 0.193 e. The normalized spacial score (nSPS) is 16.4. The molecule has 1 aromatic rings. The molecule has 0 aromatic heterocycles. The van der Waals surface area contributed by atoms with Crippen molar-refractivity contribution < 1.29 is 4.74 Å². The van der Waals surface area contributed by atoms with Crippen LogP contribution in [0.2, 0.25) is 0 Å². The van der Waals surface area contributed by atoms with Gasteiger partial charge in [0, 0.05) is 12.2 Å². The maximum atomic E-state index is 6.05. The van der Waals surface area contributed by atoms with Gasteiger partial charge in [-0.2, -0.15) is 0 Å². The number of aliphatic imine (C=N–C) groups is 1. The van der Waals surface area contributed by atoms with Crippen molar-refractivity contribution in [2.45, 2.75) is 53.1 Å². The molecule has 3 N–H and O–H groups in total. The first-order valence-corrected chi connectivity index (χ1v) is 9.98. The lowest BCUT2D eigenvalue weighted by molar-refractivity contribution is 0.180.